The van der Waals surface area contributed by atoms with Crippen LogP contribution in [0, 0.1) is 11.3 Å². The number of alkyl carbamates (subject to hydrolysis) is 1. The van der Waals surface area contributed by atoms with Crippen LogP contribution in [0.3, 0.4) is 0 Å². The normalized spacial score (nSPS) is 24.1. The summed E-state index contributed by atoms with van der Waals surface area (Å²) in [6, 6.07) is 5.12. The minimum absolute atomic E-state index is 0.0127. The lowest BCUT2D eigenvalue weighted by molar-refractivity contribution is -0.143. The molecule has 14 nitrogen and oxygen atoms in total. The van der Waals surface area contributed by atoms with Gasteiger partial charge in [-0.2, -0.15) is 0 Å². The molecule has 6 rings (SSSR count). The maximum Gasteiger partial charge on any atom is 0.408 e. The molecule has 3 aromatic rings. The number of hydrogen-bond donors (Lipinski definition) is 3. The van der Waals surface area contributed by atoms with Gasteiger partial charge in [0.2, 0.25) is 27.7 Å². The summed E-state index contributed by atoms with van der Waals surface area (Å²) < 4.78 is 45.1. The lowest BCUT2D eigenvalue weighted by Gasteiger charge is -2.36. The largest absolute Gasteiger partial charge is 0.472 e. The van der Waals surface area contributed by atoms with E-state index in [9.17, 15) is 27.6 Å². The minimum atomic E-state index is -3.90. The first kappa shape index (κ1) is 36.1. The van der Waals surface area contributed by atoms with E-state index in [0.717, 1.165) is 10.8 Å². The molecule has 0 bridgehead atoms. The number of rotatable bonds is 10. The fraction of sp³-hybridized carbons (Fsp3) is 0.528. The van der Waals surface area contributed by atoms with Gasteiger partial charge in [0.25, 0.3) is 5.91 Å². The van der Waals surface area contributed by atoms with Crippen LogP contribution in [0.15, 0.2) is 53.8 Å². The molecule has 2 saturated carbocycles. The quantitative estimate of drug-likeness (QED) is 0.259. The predicted molar refractivity (Wildman–Crippen MR) is 188 cm³/mol. The first-order chi connectivity index (χ1) is 23.8. The zero-order chi connectivity index (χ0) is 37.1. The summed E-state index contributed by atoms with van der Waals surface area (Å²) in [4.78, 5) is 60.9. The van der Waals surface area contributed by atoms with Crippen LogP contribution in [0.2, 0.25) is 0 Å². The Hall–Kier alpha value is -4.66. The summed E-state index contributed by atoms with van der Waals surface area (Å²) in [6.07, 6.45) is 4.21. The number of sulfonamides is 1. The van der Waals surface area contributed by atoms with Crippen molar-refractivity contribution in [1.29, 1.82) is 0 Å². The molecule has 4 amide bonds. The molecular formula is C36H45N5O9S. The van der Waals surface area contributed by atoms with Crippen LogP contribution in [0.4, 0.5) is 4.79 Å². The zero-order valence-electron chi connectivity index (χ0n) is 29.6. The first-order valence-electron chi connectivity index (χ1n) is 17.1. The maximum absolute atomic E-state index is 14.5. The smallest absolute Gasteiger partial charge is 0.408 e. The Bertz CT molecular complexity index is 2010. The fourth-order valence-electron chi connectivity index (χ4n) is 6.54. The molecular weight excluding hydrogens is 678 g/mol. The van der Waals surface area contributed by atoms with Crippen molar-refractivity contribution >= 4 is 55.6 Å². The van der Waals surface area contributed by atoms with Gasteiger partial charge in [0.1, 0.15) is 34.9 Å². The monoisotopic (exact) mass is 723 g/mol. The van der Waals surface area contributed by atoms with E-state index in [1.54, 1.807) is 54.0 Å². The van der Waals surface area contributed by atoms with E-state index in [0.29, 0.717) is 23.8 Å². The number of benzene rings is 1. The Morgan fingerprint density at radius 3 is 2.43 bits per heavy atom. The Labute approximate surface area is 296 Å². The van der Waals surface area contributed by atoms with E-state index in [4.69, 9.17) is 13.9 Å². The van der Waals surface area contributed by atoms with Crippen LogP contribution >= 0.6 is 0 Å². The number of hydrogen-bond acceptors (Lipinski definition) is 10. The van der Waals surface area contributed by atoms with Crippen LogP contribution in [-0.2, 0) is 29.1 Å². The van der Waals surface area contributed by atoms with E-state index < -0.39 is 79.7 Å². The molecule has 1 aromatic carbocycles. The van der Waals surface area contributed by atoms with Crippen LogP contribution in [0.25, 0.3) is 21.7 Å². The fourth-order valence-corrected chi connectivity index (χ4v) is 7.91. The molecule has 3 aliphatic rings. The zero-order valence-corrected chi connectivity index (χ0v) is 30.5. The van der Waals surface area contributed by atoms with E-state index in [2.05, 4.69) is 26.9 Å². The summed E-state index contributed by atoms with van der Waals surface area (Å²) in [5, 5.41) is 7.18. The summed E-state index contributed by atoms with van der Waals surface area (Å²) in [5.41, 5.74) is -2.54. The molecule has 5 atom stereocenters. The van der Waals surface area contributed by atoms with Crippen molar-refractivity contribution in [3.63, 3.8) is 0 Å². The van der Waals surface area contributed by atoms with Crippen molar-refractivity contribution < 1.29 is 41.5 Å². The lowest BCUT2D eigenvalue weighted by atomic mass is 9.85. The number of nitrogens with zero attached hydrogens (tertiary/aromatic N) is 2. The Balaban J connectivity index is 1.30. The molecule has 3 heterocycles. The van der Waals surface area contributed by atoms with Crippen LogP contribution < -0.4 is 20.1 Å². The highest BCUT2D eigenvalue weighted by Gasteiger charge is 2.62. The number of amides is 4. The molecule has 1 aliphatic heterocycles. The molecule has 0 unspecified atom stereocenters. The average molecular weight is 724 g/mol. The van der Waals surface area contributed by atoms with Crippen molar-refractivity contribution in [2.75, 3.05) is 6.54 Å². The van der Waals surface area contributed by atoms with Gasteiger partial charge < -0.3 is 29.4 Å². The molecule has 0 spiro atoms. The Morgan fingerprint density at radius 1 is 1.08 bits per heavy atom. The summed E-state index contributed by atoms with van der Waals surface area (Å²) >= 11 is 0. The molecule has 2 aromatic heterocycles. The van der Waals surface area contributed by atoms with Gasteiger partial charge in [-0.15, -0.1) is 6.58 Å². The van der Waals surface area contributed by atoms with Gasteiger partial charge in [-0.25, -0.2) is 18.2 Å². The van der Waals surface area contributed by atoms with E-state index in [1.165, 1.54) is 11.0 Å². The van der Waals surface area contributed by atoms with Gasteiger partial charge in [0, 0.05) is 34.7 Å². The van der Waals surface area contributed by atoms with Crippen LogP contribution in [0.5, 0.6) is 5.88 Å². The highest BCUT2D eigenvalue weighted by atomic mass is 32.2. The second-order valence-electron chi connectivity index (χ2n) is 15.7. The molecule has 274 valence electrons. The third-order valence-corrected chi connectivity index (χ3v) is 11.3. The Kier molecular flexibility index (Phi) is 9.10. The number of ether oxygens (including phenoxy) is 2. The standard InChI is InChI=1S/C36H45N5O9S/c1-8-21-18-36(21,32(44)40-51(46,47)23-10-11-23)39-29(42)26-17-22(49-30-25-12-9-20-14-16-48-27(20)24(25)13-15-37-30)19-41(26)31(43)28(34(2,3)4)38-33(45)50-35(5,6)7/h8-9,12-16,21-23,26,28H,1,10-11,17-19H2,2-7H3,(H,38,45)(H,39,42)(H,40,44)/t21-,22-,26+,28-,36-/m1/s1. The number of carbonyl (C=O) groups is 4. The SMILES string of the molecule is C=C[C@@H]1C[C@]1(NC(=O)[C@@H]1C[C@@H](Oc2nccc3c2ccc2ccoc23)CN1C(=O)[C@@H](NC(=O)OC(C)(C)C)C(C)(C)C)C(=O)NS(=O)(=O)C1CC1. The van der Waals surface area contributed by atoms with Gasteiger partial charge in [0.15, 0.2) is 0 Å². The summed E-state index contributed by atoms with van der Waals surface area (Å²) in [7, 11) is -3.90. The van der Waals surface area contributed by atoms with Crippen molar-refractivity contribution in [2.45, 2.75) is 102 Å². The van der Waals surface area contributed by atoms with Crippen molar-refractivity contribution in [3.05, 3.63) is 49.4 Å². The van der Waals surface area contributed by atoms with E-state index in [1.807, 2.05) is 24.3 Å². The molecule has 15 heteroatoms. The van der Waals surface area contributed by atoms with Gasteiger partial charge in [-0.05, 0) is 63.6 Å². The van der Waals surface area contributed by atoms with Crippen LogP contribution in [0.1, 0.15) is 67.2 Å². The van der Waals surface area contributed by atoms with Gasteiger partial charge >= 0.3 is 6.09 Å². The number of nitrogens with one attached hydrogen (secondary N) is 3. The Morgan fingerprint density at radius 2 is 1.80 bits per heavy atom. The molecule has 0 radical (unpaired) electrons. The van der Waals surface area contributed by atoms with Gasteiger partial charge in [0.05, 0.1) is 18.1 Å². The van der Waals surface area contributed by atoms with Crippen molar-refractivity contribution in [3.8, 4) is 5.88 Å². The second kappa shape index (κ2) is 12.8. The number of carbonyl (C=O) groups excluding carboxylic acids is 4. The number of furan rings is 1. The van der Waals surface area contributed by atoms with Gasteiger partial charge in [-0.3, -0.25) is 19.1 Å². The second-order valence-corrected chi connectivity index (χ2v) is 17.7. The third-order valence-electron chi connectivity index (χ3n) is 9.47. The van der Waals surface area contributed by atoms with Gasteiger partial charge in [-0.1, -0.05) is 32.9 Å². The molecule has 3 fully saturated rings. The third kappa shape index (κ3) is 7.39. The van der Waals surface area contributed by atoms with E-state index in [-0.39, 0.29) is 25.3 Å². The number of aromatic nitrogens is 1. The number of likely N-dealkylation sites (tertiary alicyclic amines) is 1. The van der Waals surface area contributed by atoms with E-state index >= 15 is 0 Å². The number of fused-ring (bicyclic) bond motifs is 3. The molecule has 1 saturated heterocycles. The molecule has 3 N–H and O–H groups in total. The summed E-state index contributed by atoms with van der Waals surface area (Å²) in [5.74, 6) is -2.33. The topological polar surface area (TPSA) is 186 Å². The first-order valence-corrected chi connectivity index (χ1v) is 18.6. The highest BCUT2D eigenvalue weighted by molar-refractivity contribution is 7.91. The molecule has 51 heavy (non-hydrogen) atoms. The van der Waals surface area contributed by atoms with Crippen molar-refractivity contribution in [2.24, 2.45) is 11.3 Å². The average Bonchev–Trinajstić information content (AvgIpc) is 3.92. The lowest BCUT2D eigenvalue weighted by Crippen LogP contribution is -2.60. The maximum atomic E-state index is 14.5. The highest BCUT2D eigenvalue weighted by Crippen LogP contribution is 2.45. The summed E-state index contributed by atoms with van der Waals surface area (Å²) in [6.45, 7) is 14.2. The number of pyridine rings is 1. The molecule has 2 aliphatic carbocycles. The van der Waals surface area contributed by atoms with Crippen molar-refractivity contribution in [1.82, 2.24) is 25.2 Å². The minimum Gasteiger partial charge on any atom is -0.472 e. The van der Waals surface area contributed by atoms with Crippen LogP contribution in [-0.4, -0.2) is 83.2 Å². The predicted octanol–water partition coefficient (Wildman–Crippen LogP) is 3.94.